The number of halogens is 1. The molecule has 0 aliphatic rings. The predicted octanol–water partition coefficient (Wildman–Crippen LogP) is 5.83. The maximum Gasteiger partial charge on any atom is 0.267 e. The van der Waals surface area contributed by atoms with Crippen LogP contribution in [0.4, 0.5) is 5.69 Å². The maximum atomic E-state index is 12.8. The van der Waals surface area contributed by atoms with E-state index in [1.54, 1.807) is 74.8 Å². The van der Waals surface area contributed by atoms with Crippen LogP contribution in [0.15, 0.2) is 60.9 Å². The normalized spacial score (nSPS) is 11.3. The van der Waals surface area contributed by atoms with E-state index in [4.69, 9.17) is 21.1 Å². The van der Waals surface area contributed by atoms with E-state index < -0.39 is 5.60 Å². The summed E-state index contributed by atoms with van der Waals surface area (Å²) in [6, 6.07) is 15.6. The molecule has 0 saturated heterocycles. The number of benzene rings is 2. The summed E-state index contributed by atoms with van der Waals surface area (Å²) in [7, 11) is 0. The van der Waals surface area contributed by atoms with Gasteiger partial charge in [-0.2, -0.15) is 4.98 Å². The second-order valence-electron chi connectivity index (χ2n) is 8.54. The van der Waals surface area contributed by atoms with Crippen molar-refractivity contribution >= 4 is 23.2 Å². The molecule has 2 heterocycles. The molecule has 0 bridgehead atoms. The zero-order valence-corrected chi connectivity index (χ0v) is 20.9. The van der Waals surface area contributed by atoms with Gasteiger partial charge in [0.2, 0.25) is 5.88 Å². The minimum atomic E-state index is -1.10. The number of amides is 1. The zero-order valence-electron chi connectivity index (χ0n) is 20.2. The van der Waals surface area contributed by atoms with Gasteiger partial charge in [0.25, 0.3) is 5.91 Å². The number of hydrogen-bond donors (Lipinski definition) is 1. The van der Waals surface area contributed by atoms with Crippen LogP contribution in [-0.2, 0) is 4.79 Å². The molecule has 9 heteroatoms. The third-order valence-corrected chi connectivity index (χ3v) is 5.62. The number of hydrogen-bond acceptors (Lipinski definition) is 6. The van der Waals surface area contributed by atoms with Crippen molar-refractivity contribution in [2.75, 3.05) is 5.32 Å². The van der Waals surface area contributed by atoms with Gasteiger partial charge in [-0.05, 0) is 83.1 Å². The SMILES string of the molecule is Cc1nc(Oc2ccc(NC(=O)C(C)(C)Oc3ccc(Cl)cc3)cc2)cc(-n2cnc(C)c2C)n1. The molecule has 0 aliphatic heterocycles. The lowest BCUT2D eigenvalue weighted by atomic mass is 10.1. The van der Waals surface area contributed by atoms with Gasteiger partial charge in [0, 0.05) is 22.5 Å². The second-order valence-corrected chi connectivity index (χ2v) is 8.98. The standard InChI is InChI=1S/C26H26ClN5O3/c1-16-17(2)32(15-28-16)23-14-24(30-18(3)29-23)34-21-12-8-20(9-13-21)31-25(33)26(4,5)35-22-10-6-19(27)7-11-22/h6-15H,1-5H3,(H,31,33). The quantitative estimate of drug-likeness (QED) is 0.350. The van der Waals surface area contributed by atoms with Crippen LogP contribution in [0.3, 0.4) is 0 Å². The van der Waals surface area contributed by atoms with Crippen LogP contribution in [0.5, 0.6) is 17.4 Å². The first-order valence-corrected chi connectivity index (χ1v) is 11.4. The Labute approximate surface area is 208 Å². The highest BCUT2D eigenvalue weighted by Crippen LogP contribution is 2.25. The Morgan fingerprint density at radius 1 is 0.971 bits per heavy atom. The lowest BCUT2D eigenvalue weighted by Gasteiger charge is -2.25. The van der Waals surface area contributed by atoms with Gasteiger partial charge in [0.15, 0.2) is 5.60 Å². The number of nitrogens with one attached hydrogen (secondary N) is 1. The molecule has 4 rings (SSSR count). The molecule has 0 unspecified atom stereocenters. The number of rotatable bonds is 7. The van der Waals surface area contributed by atoms with Gasteiger partial charge < -0.3 is 14.8 Å². The lowest BCUT2D eigenvalue weighted by molar-refractivity contribution is -0.128. The van der Waals surface area contributed by atoms with Crippen molar-refractivity contribution in [2.45, 2.75) is 40.2 Å². The van der Waals surface area contributed by atoms with Gasteiger partial charge in [0.1, 0.15) is 29.5 Å². The molecule has 180 valence electrons. The lowest BCUT2D eigenvalue weighted by Crippen LogP contribution is -2.42. The molecule has 2 aromatic heterocycles. The smallest absolute Gasteiger partial charge is 0.267 e. The average molecular weight is 492 g/mol. The van der Waals surface area contributed by atoms with Crippen molar-refractivity contribution in [1.29, 1.82) is 0 Å². The first-order chi connectivity index (χ1) is 16.6. The first kappa shape index (κ1) is 24.2. The van der Waals surface area contributed by atoms with Gasteiger partial charge in [-0.1, -0.05) is 11.6 Å². The topological polar surface area (TPSA) is 91.2 Å². The minimum absolute atomic E-state index is 0.289. The molecule has 0 radical (unpaired) electrons. The molecule has 2 aromatic carbocycles. The Morgan fingerprint density at radius 2 is 1.63 bits per heavy atom. The van der Waals surface area contributed by atoms with Gasteiger partial charge in [0.05, 0.1) is 5.69 Å². The highest BCUT2D eigenvalue weighted by molar-refractivity contribution is 6.30. The molecule has 1 N–H and O–H groups in total. The van der Waals surface area contributed by atoms with Crippen LogP contribution < -0.4 is 14.8 Å². The average Bonchev–Trinajstić information content (AvgIpc) is 3.14. The van der Waals surface area contributed by atoms with Gasteiger partial charge in [-0.3, -0.25) is 9.36 Å². The summed E-state index contributed by atoms with van der Waals surface area (Å²) in [4.78, 5) is 26.0. The maximum absolute atomic E-state index is 12.8. The van der Waals surface area contributed by atoms with Crippen LogP contribution >= 0.6 is 11.6 Å². The van der Waals surface area contributed by atoms with Crippen molar-refractivity contribution in [1.82, 2.24) is 19.5 Å². The Balaban J connectivity index is 1.43. The molecule has 0 spiro atoms. The van der Waals surface area contributed by atoms with Crippen LogP contribution in [0, 0.1) is 20.8 Å². The number of carbonyl (C=O) groups is 1. The summed E-state index contributed by atoms with van der Waals surface area (Å²) in [6.07, 6.45) is 1.73. The summed E-state index contributed by atoms with van der Waals surface area (Å²) in [5, 5.41) is 3.47. The fraction of sp³-hybridized carbons (Fsp3) is 0.231. The Hall–Kier alpha value is -3.91. The first-order valence-electron chi connectivity index (χ1n) is 11.0. The van der Waals surface area contributed by atoms with E-state index in [-0.39, 0.29) is 5.91 Å². The number of anilines is 1. The molecule has 0 aliphatic carbocycles. The fourth-order valence-electron chi connectivity index (χ4n) is 3.28. The van der Waals surface area contributed by atoms with Gasteiger partial charge >= 0.3 is 0 Å². The number of aryl methyl sites for hydroxylation is 2. The van der Waals surface area contributed by atoms with E-state index in [0.29, 0.717) is 39.7 Å². The summed E-state index contributed by atoms with van der Waals surface area (Å²) in [5.74, 6) is 2.50. The fourth-order valence-corrected chi connectivity index (χ4v) is 3.41. The van der Waals surface area contributed by atoms with E-state index in [1.165, 1.54) is 0 Å². The summed E-state index contributed by atoms with van der Waals surface area (Å²) < 4.78 is 13.7. The van der Waals surface area contributed by atoms with Crippen LogP contribution in [-0.4, -0.2) is 31.0 Å². The number of aromatic nitrogens is 4. The number of nitrogens with zero attached hydrogens (tertiary/aromatic N) is 4. The number of ether oxygens (including phenoxy) is 2. The minimum Gasteiger partial charge on any atom is -0.478 e. The van der Waals surface area contributed by atoms with Gasteiger partial charge in [-0.15, -0.1) is 0 Å². The monoisotopic (exact) mass is 491 g/mol. The molecule has 0 atom stereocenters. The van der Waals surface area contributed by atoms with Crippen LogP contribution in [0.1, 0.15) is 31.1 Å². The molecule has 8 nitrogen and oxygen atoms in total. The molecule has 4 aromatic rings. The van der Waals surface area contributed by atoms with E-state index in [0.717, 1.165) is 11.4 Å². The van der Waals surface area contributed by atoms with Gasteiger partial charge in [-0.25, -0.2) is 9.97 Å². The van der Waals surface area contributed by atoms with Crippen molar-refractivity contribution in [3.63, 3.8) is 0 Å². The Bertz CT molecular complexity index is 1350. The molecular weight excluding hydrogens is 466 g/mol. The Morgan fingerprint density at radius 3 is 2.26 bits per heavy atom. The molecular formula is C26H26ClN5O3. The zero-order chi connectivity index (χ0) is 25.2. The van der Waals surface area contributed by atoms with Crippen LogP contribution in [0.2, 0.25) is 5.02 Å². The summed E-state index contributed by atoms with van der Waals surface area (Å²) in [5.41, 5.74) is 1.45. The van der Waals surface area contributed by atoms with Crippen molar-refractivity contribution < 1.29 is 14.3 Å². The molecule has 35 heavy (non-hydrogen) atoms. The third-order valence-electron chi connectivity index (χ3n) is 5.37. The highest BCUT2D eigenvalue weighted by Gasteiger charge is 2.30. The molecule has 0 fully saturated rings. The molecule has 1 amide bonds. The largest absolute Gasteiger partial charge is 0.478 e. The number of carbonyl (C=O) groups excluding carboxylic acids is 1. The Kier molecular flexibility index (Phi) is 6.75. The van der Waals surface area contributed by atoms with E-state index in [2.05, 4.69) is 20.3 Å². The summed E-state index contributed by atoms with van der Waals surface area (Å²) in [6.45, 7) is 9.14. The third kappa shape index (κ3) is 5.78. The summed E-state index contributed by atoms with van der Waals surface area (Å²) >= 11 is 5.91. The van der Waals surface area contributed by atoms with E-state index >= 15 is 0 Å². The van der Waals surface area contributed by atoms with Crippen molar-refractivity contribution in [3.8, 4) is 23.2 Å². The predicted molar refractivity (Wildman–Crippen MR) is 135 cm³/mol. The van der Waals surface area contributed by atoms with Crippen molar-refractivity contribution in [2.24, 2.45) is 0 Å². The highest BCUT2D eigenvalue weighted by atomic mass is 35.5. The van der Waals surface area contributed by atoms with Crippen molar-refractivity contribution in [3.05, 3.63) is 83.2 Å². The van der Waals surface area contributed by atoms with E-state index in [1.807, 2.05) is 25.3 Å². The van der Waals surface area contributed by atoms with E-state index in [9.17, 15) is 4.79 Å². The number of imidazole rings is 1. The van der Waals surface area contributed by atoms with Crippen LogP contribution in [0.25, 0.3) is 5.82 Å². The molecule has 0 saturated carbocycles. The second kappa shape index (κ2) is 9.76.